The molecule has 0 bridgehead atoms. The van der Waals surface area contributed by atoms with Crippen LogP contribution in [0.4, 0.5) is 24.0 Å². The number of hydrogen-bond acceptors (Lipinski definition) is 4. The van der Waals surface area contributed by atoms with E-state index < -0.39 is 22.6 Å². The molecule has 0 aliphatic carbocycles. The Morgan fingerprint density at radius 1 is 1.27 bits per heavy atom. The number of hydrogen-bond donors (Lipinski definition) is 2. The van der Waals surface area contributed by atoms with Crippen LogP contribution in [0.15, 0.2) is 0 Å². The summed E-state index contributed by atoms with van der Waals surface area (Å²) in [6, 6.07) is 0. The zero-order chi connectivity index (χ0) is 8.65. The summed E-state index contributed by atoms with van der Waals surface area (Å²) in [5.41, 5.74) is 8.88. The molecule has 0 amide bonds. The number of halogens is 3. The van der Waals surface area contributed by atoms with Crippen molar-refractivity contribution in [2.24, 2.45) is 0 Å². The van der Waals surface area contributed by atoms with E-state index in [4.69, 9.17) is 11.5 Å². The minimum absolute atomic E-state index is 0.394. The van der Waals surface area contributed by atoms with Crippen LogP contribution in [0.3, 0.4) is 0 Å². The molecule has 0 unspecified atom stereocenters. The quantitative estimate of drug-likeness (QED) is 0.637. The van der Waals surface area contributed by atoms with Crippen molar-refractivity contribution in [2.75, 3.05) is 11.5 Å². The van der Waals surface area contributed by atoms with Crippen molar-refractivity contribution in [3.05, 3.63) is 5.56 Å². The van der Waals surface area contributed by atoms with Gasteiger partial charge in [0, 0.05) is 0 Å². The highest BCUT2D eigenvalue weighted by Gasteiger charge is 2.37. The van der Waals surface area contributed by atoms with Gasteiger partial charge >= 0.3 is 6.18 Å². The maximum atomic E-state index is 11.9. The minimum atomic E-state index is -4.50. The predicted molar refractivity (Wildman–Crippen MR) is 35.9 cm³/mol. The third-order valence-corrected chi connectivity index (χ3v) is 1.72. The second kappa shape index (κ2) is 2.26. The van der Waals surface area contributed by atoms with Gasteiger partial charge in [-0.15, -0.1) is 0 Å². The topological polar surface area (TPSA) is 64.9 Å². The Balaban J connectivity index is 3.21. The van der Waals surface area contributed by atoms with Gasteiger partial charge in [-0.1, -0.05) is 0 Å². The average Bonchev–Trinajstić information content (AvgIpc) is 2.08. The van der Waals surface area contributed by atoms with Crippen LogP contribution in [0.5, 0.6) is 0 Å². The van der Waals surface area contributed by atoms with Gasteiger partial charge in [-0.2, -0.15) is 17.5 Å². The van der Waals surface area contributed by atoms with Gasteiger partial charge in [0.15, 0.2) is 5.82 Å². The lowest BCUT2D eigenvalue weighted by Gasteiger charge is -2.04. The molecule has 62 valence electrons. The Hall–Kier alpha value is -0.980. The summed E-state index contributed by atoms with van der Waals surface area (Å²) < 4.78 is 39.1. The maximum Gasteiger partial charge on any atom is 0.422 e. The van der Waals surface area contributed by atoms with Crippen molar-refractivity contribution in [2.45, 2.75) is 6.18 Å². The number of nitrogens with zero attached hydrogens (tertiary/aromatic N) is 1. The molecule has 0 aliphatic rings. The lowest BCUT2D eigenvalue weighted by molar-refractivity contribution is -0.136. The van der Waals surface area contributed by atoms with Crippen molar-refractivity contribution in [3.63, 3.8) is 0 Å². The summed E-state index contributed by atoms with van der Waals surface area (Å²) in [6.07, 6.45) is -4.50. The van der Waals surface area contributed by atoms with E-state index >= 15 is 0 Å². The first-order chi connectivity index (χ1) is 4.93. The Morgan fingerprint density at radius 2 is 1.82 bits per heavy atom. The van der Waals surface area contributed by atoms with Crippen molar-refractivity contribution in [1.29, 1.82) is 0 Å². The summed E-state index contributed by atoms with van der Waals surface area (Å²) in [7, 11) is 0. The lowest BCUT2D eigenvalue weighted by atomic mass is 10.3. The highest BCUT2D eigenvalue weighted by atomic mass is 32.1. The van der Waals surface area contributed by atoms with Gasteiger partial charge in [-0.25, -0.2) is 0 Å². The Labute approximate surface area is 64.0 Å². The molecule has 0 atom stereocenters. The monoisotopic (exact) mass is 183 g/mol. The maximum absolute atomic E-state index is 11.9. The summed E-state index contributed by atoms with van der Waals surface area (Å²) in [4.78, 5) is 0. The second-order valence-corrected chi connectivity index (χ2v) is 2.61. The molecule has 0 aliphatic heterocycles. The molecule has 1 rings (SSSR count). The predicted octanol–water partition coefficient (Wildman–Crippen LogP) is 1.33. The number of nitrogen functional groups attached to an aromatic ring is 2. The third-order valence-electron chi connectivity index (χ3n) is 1.03. The van der Waals surface area contributed by atoms with Gasteiger partial charge < -0.3 is 11.5 Å². The Bertz CT molecular complexity index is 247. The van der Waals surface area contributed by atoms with Gasteiger partial charge in [-0.05, 0) is 11.5 Å². The third kappa shape index (κ3) is 1.37. The van der Waals surface area contributed by atoms with Gasteiger partial charge in [0.25, 0.3) is 0 Å². The highest BCUT2D eigenvalue weighted by Crippen LogP contribution is 2.39. The molecule has 0 saturated heterocycles. The van der Waals surface area contributed by atoms with Gasteiger partial charge in [0.1, 0.15) is 10.6 Å². The molecule has 7 heteroatoms. The fourth-order valence-corrected chi connectivity index (χ4v) is 1.20. The van der Waals surface area contributed by atoms with E-state index in [2.05, 4.69) is 4.37 Å². The largest absolute Gasteiger partial charge is 0.422 e. The number of aromatic nitrogens is 1. The Kier molecular flexibility index (Phi) is 1.67. The minimum Gasteiger partial charge on any atom is -0.389 e. The summed E-state index contributed by atoms with van der Waals surface area (Å²) >= 11 is 0.541. The van der Waals surface area contributed by atoms with Crippen molar-refractivity contribution in [3.8, 4) is 0 Å². The van der Waals surface area contributed by atoms with E-state index in [9.17, 15) is 13.2 Å². The molecule has 0 radical (unpaired) electrons. The molecule has 0 spiro atoms. The van der Waals surface area contributed by atoms with E-state index in [0.717, 1.165) is 0 Å². The molecule has 4 N–H and O–H groups in total. The Morgan fingerprint density at radius 3 is 2.00 bits per heavy atom. The van der Waals surface area contributed by atoms with E-state index in [1.54, 1.807) is 0 Å². The standard InChI is InChI=1S/C4H4F3N3S/c5-4(6,7)1-2(8)10-11-3(1)9/h9H2,(H2,8,10). The zero-order valence-corrected chi connectivity index (χ0v) is 5.96. The molecule has 0 saturated carbocycles. The van der Waals surface area contributed by atoms with Gasteiger partial charge in [0.2, 0.25) is 0 Å². The smallest absolute Gasteiger partial charge is 0.389 e. The fourth-order valence-electron chi connectivity index (χ4n) is 0.601. The first kappa shape index (κ1) is 8.12. The molecule has 1 aromatic rings. The number of anilines is 2. The number of alkyl halides is 3. The van der Waals surface area contributed by atoms with Crippen LogP contribution in [0.1, 0.15) is 5.56 Å². The van der Waals surface area contributed by atoms with Gasteiger partial charge in [0.05, 0.1) is 0 Å². The molecular formula is C4H4F3N3S. The number of nitrogens with two attached hydrogens (primary N) is 2. The molecule has 3 nitrogen and oxygen atoms in total. The highest BCUT2D eigenvalue weighted by molar-refractivity contribution is 7.10. The van der Waals surface area contributed by atoms with E-state index in [0.29, 0.717) is 11.5 Å². The first-order valence-corrected chi connectivity index (χ1v) is 3.28. The summed E-state index contributed by atoms with van der Waals surface area (Å²) in [6.45, 7) is 0. The van der Waals surface area contributed by atoms with Crippen LogP contribution in [-0.4, -0.2) is 4.37 Å². The molecular weight excluding hydrogens is 179 g/mol. The van der Waals surface area contributed by atoms with Crippen molar-refractivity contribution >= 4 is 22.4 Å². The molecule has 11 heavy (non-hydrogen) atoms. The van der Waals surface area contributed by atoms with Crippen LogP contribution >= 0.6 is 11.5 Å². The normalized spacial score (nSPS) is 11.9. The SMILES string of the molecule is Nc1nsc(N)c1C(F)(F)F. The van der Waals surface area contributed by atoms with E-state index in [-0.39, 0.29) is 0 Å². The van der Waals surface area contributed by atoms with Gasteiger partial charge in [-0.3, -0.25) is 0 Å². The molecule has 0 aromatic carbocycles. The lowest BCUT2D eigenvalue weighted by Crippen LogP contribution is -2.09. The zero-order valence-electron chi connectivity index (χ0n) is 5.14. The van der Waals surface area contributed by atoms with Crippen LogP contribution in [0.2, 0.25) is 0 Å². The molecule has 0 fully saturated rings. The van der Waals surface area contributed by atoms with Crippen LogP contribution in [0, 0.1) is 0 Å². The van der Waals surface area contributed by atoms with E-state index in [1.807, 2.05) is 0 Å². The van der Waals surface area contributed by atoms with Crippen LogP contribution in [0.25, 0.3) is 0 Å². The van der Waals surface area contributed by atoms with Crippen molar-refractivity contribution in [1.82, 2.24) is 4.37 Å². The average molecular weight is 183 g/mol. The summed E-state index contributed by atoms with van der Waals surface area (Å²) in [5.74, 6) is -0.556. The van der Waals surface area contributed by atoms with Crippen LogP contribution in [-0.2, 0) is 6.18 Å². The second-order valence-electron chi connectivity index (χ2n) is 1.80. The summed E-state index contributed by atoms with van der Waals surface area (Å²) in [5, 5.41) is -0.394. The van der Waals surface area contributed by atoms with Crippen LogP contribution < -0.4 is 11.5 Å². The fraction of sp³-hybridized carbons (Fsp3) is 0.250. The van der Waals surface area contributed by atoms with Crippen molar-refractivity contribution < 1.29 is 13.2 Å². The molecule has 1 aromatic heterocycles. The first-order valence-electron chi connectivity index (χ1n) is 2.50. The molecule has 1 heterocycles. The van der Waals surface area contributed by atoms with E-state index in [1.165, 1.54) is 0 Å². The number of rotatable bonds is 0.